The number of piperidine rings is 1. The summed E-state index contributed by atoms with van der Waals surface area (Å²) in [5, 5.41) is 23.2. The lowest BCUT2D eigenvalue weighted by molar-refractivity contribution is -0.139. The van der Waals surface area contributed by atoms with E-state index >= 15 is 0 Å². The van der Waals surface area contributed by atoms with Gasteiger partial charge in [0.2, 0.25) is 6.41 Å². The van der Waals surface area contributed by atoms with Gasteiger partial charge >= 0.3 is 5.97 Å². The topological polar surface area (TPSA) is 112 Å². The summed E-state index contributed by atoms with van der Waals surface area (Å²) in [5.74, 6) is -1.18. The van der Waals surface area contributed by atoms with Crippen LogP contribution >= 0.6 is 22.9 Å². The molecule has 1 amide bonds. The predicted molar refractivity (Wildman–Crippen MR) is 112 cm³/mol. The molecule has 3 N–H and O–H groups in total. The standard InChI is InChI=1S/C12H14ClNO2.C7H10N2O3S/c13-10-2-1-3-12(8-10)16-11-4-6-14(9-15)7-5-11;1-8-7-9-5(3-13-7)4(2-10)6(11)12/h1-3,8-9,11H,4-7H2;3-4,10H,2H2,1H3,(H,8,9)(H,11,12). The minimum Gasteiger partial charge on any atom is -0.490 e. The van der Waals surface area contributed by atoms with E-state index in [2.05, 4.69) is 10.3 Å². The monoisotopic (exact) mass is 441 g/mol. The number of benzene rings is 1. The van der Waals surface area contributed by atoms with Crippen LogP contribution in [-0.2, 0) is 9.59 Å². The summed E-state index contributed by atoms with van der Waals surface area (Å²) in [7, 11) is 1.71. The van der Waals surface area contributed by atoms with Crippen LogP contribution in [0.15, 0.2) is 29.6 Å². The Balaban J connectivity index is 0.000000212. The van der Waals surface area contributed by atoms with Crippen LogP contribution in [0.3, 0.4) is 0 Å². The molecule has 10 heteroatoms. The van der Waals surface area contributed by atoms with Crippen molar-refractivity contribution in [3.05, 3.63) is 40.4 Å². The van der Waals surface area contributed by atoms with Crippen molar-refractivity contribution in [3.63, 3.8) is 0 Å². The second-order valence-corrected chi connectivity index (χ2v) is 7.61. The zero-order valence-electron chi connectivity index (χ0n) is 16.0. The summed E-state index contributed by atoms with van der Waals surface area (Å²) in [6.07, 6.45) is 2.85. The Morgan fingerprint density at radius 2 is 2.21 bits per heavy atom. The summed E-state index contributed by atoms with van der Waals surface area (Å²) >= 11 is 7.19. The van der Waals surface area contributed by atoms with E-state index in [0.717, 1.165) is 38.1 Å². The summed E-state index contributed by atoms with van der Waals surface area (Å²) < 4.78 is 5.80. The number of aliphatic hydroxyl groups is 1. The zero-order chi connectivity index (χ0) is 21.2. The Hall–Kier alpha value is -2.36. The smallest absolute Gasteiger partial charge is 0.314 e. The fraction of sp³-hybridized carbons (Fsp3) is 0.421. The molecule has 1 aromatic carbocycles. The molecule has 0 aliphatic carbocycles. The molecule has 8 nitrogen and oxygen atoms in total. The van der Waals surface area contributed by atoms with E-state index in [1.54, 1.807) is 17.3 Å². The molecule has 2 heterocycles. The molecule has 1 unspecified atom stereocenters. The molecule has 0 spiro atoms. The molecule has 29 heavy (non-hydrogen) atoms. The molecule has 158 valence electrons. The third kappa shape index (κ3) is 7.19. The normalized spacial score (nSPS) is 15.1. The van der Waals surface area contributed by atoms with Gasteiger partial charge in [0.05, 0.1) is 12.3 Å². The molecular weight excluding hydrogens is 418 g/mol. The van der Waals surface area contributed by atoms with Gasteiger partial charge in [0, 0.05) is 43.4 Å². The van der Waals surface area contributed by atoms with Gasteiger partial charge in [-0.1, -0.05) is 17.7 Å². The first-order valence-corrected chi connectivity index (χ1v) is 10.3. The Morgan fingerprint density at radius 3 is 2.72 bits per heavy atom. The van der Waals surface area contributed by atoms with E-state index in [4.69, 9.17) is 26.6 Å². The van der Waals surface area contributed by atoms with Crippen LogP contribution in [0.4, 0.5) is 5.13 Å². The van der Waals surface area contributed by atoms with E-state index < -0.39 is 18.5 Å². The van der Waals surface area contributed by atoms with E-state index in [1.165, 1.54) is 11.3 Å². The number of hydrogen-bond acceptors (Lipinski definition) is 7. The summed E-state index contributed by atoms with van der Waals surface area (Å²) in [5.41, 5.74) is 0.393. The first-order chi connectivity index (χ1) is 14.0. The Morgan fingerprint density at radius 1 is 1.48 bits per heavy atom. The Kier molecular flexibility index (Phi) is 9.17. The lowest BCUT2D eigenvalue weighted by Crippen LogP contribution is -2.37. The fourth-order valence-electron chi connectivity index (χ4n) is 2.69. The number of rotatable bonds is 7. The number of hydrogen-bond donors (Lipinski definition) is 3. The van der Waals surface area contributed by atoms with Gasteiger partial charge in [-0.05, 0) is 18.2 Å². The number of aromatic nitrogens is 1. The van der Waals surface area contributed by atoms with Crippen LogP contribution < -0.4 is 10.1 Å². The summed E-state index contributed by atoms with van der Waals surface area (Å²) in [6, 6.07) is 7.41. The first kappa shape index (κ1) is 22.9. The Bertz CT molecular complexity index is 796. The molecule has 1 aromatic heterocycles. The minimum absolute atomic E-state index is 0.190. The van der Waals surface area contributed by atoms with Gasteiger partial charge in [-0.15, -0.1) is 11.3 Å². The van der Waals surface area contributed by atoms with Gasteiger partial charge in [0.25, 0.3) is 0 Å². The average Bonchev–Trinajstić information content (AvgIpc) is 3.18. The van der Waals surface area contributed by atoms with Crippen LogP contribution in [0.5, 0.6) is 5.75 Å². The number of nitrogens with one attached hydrogen (secondary N) is 1. The quantitative estimate of drug-likeness (QED) is 0.566. The predicted octanol–water partition coefficient (Wildman–Crippen LogP) is 2.68. The molecule has 1 aliphatic heterocycles. The van der Waals surface area contributed by atoms with E-state index in [9.17, 15) is 9.59 Å². The number of carboxylic acids is 1. The number of thiazole rings is 1. The molecule has 0 saturated carbocycles. The molecule has 1 aliphatic rings. The van der Waals surface area contributed by atoms with Gasteiger partial charge in [-0.3, -0.25) is 9.59 Å². The van der Waals surface area contributed by atoms with Gasteiger partial charge < -0.3 is 25.2 Å². The first-order valence-electron chi connectivity index (χ1n) is 9.05. The van der Waals surface area contributed by atoms with E-state index in [0.29, 0.717) is 15.8 Å². The average molecular weight is 442 g/mol. The third-order valence-electron chi connectivity index (χ3n) is 4.30. The number of carbonyl (C=O) groups excluding carboxylic acids is 1. The number of carboxylic acid groups (broad SMARTS) is 1. The number of amides is 1. The Labute approximate surface area is 178 Å². The van der Waals surface area contributed by atoms with Crippen LogP contribution in [0.1, 0.15) is 24.5 Å². The number of carbonyl (C=O) groups is 2. The molecule has 2 aromatic rings. The zero-order valence-corrected chi connectivity index (χ0v) is 17.5. The maximum absolute atomic E-state index is 10.6. The highest BCUT2D eigenvalue weighted by atomic mass is 35.5. The van der Waals surface area contributed by atoms with Crippen LogP contribution in [-0.4, -0.2) is 65.3 Å². The van der Waals surface area contributed by atoms with Gasteiger partial charge in [-0.25, -0.2) is 4.98 Å². The van der Waals surface area contributed by atoms with Crippen molar-refractivity contribution in [2.24, 2.45) is 0 Å². The van der Waals surface area contributed by atoms with Crippen LogP contribution in [0.2, 0.25) is 5.02 Å². The van der Waals surface area contributed by atoms with Crippen molar-refractivity contribution in [1.82, 2.24) is 9.88 Å². The van der Waals surface area contributed by atoms with Gasteiger partial charge in [-0.2, -0.15) is 0 Å². The number of aliphatic hydroxyl groups excluding tert-OH is 1. The summed E-state index contributed by atoms with van der Waals surface area (Å²) in [4.78, 5) is 26.9. The summed E-state index contributed by atoms with van der Waals surface area (Å²) in [6.45, 7) is 1.12. The second-order valence-electron chi connectivity index (χ2n) is 6.32. The molecule has 1 fully saturated rings. The van der Waals surface area contributed by atoms with Crippen molar-refractivity contribution in [1.29, 1.82) is 0 Å². The second kappa shape index (κ2) is 11.6. The highest BCUT2D eigenvalue weighted by molar-refractivity contribution is 7.13. The van der Waals surface area contributed by atoms with Gasteiger partial charge in [0.15, 0.2) is 5.13 Å². The molecular formula is C19H24ClN3O5S. The number of likely N-dealkylation sites (tertiary alicyclic amines) is 1. The van der Waals surface area contributed by atoms with Gasteiger partial charge in [0.1, 0.15) is 17.8 Å². The minimum atomic E-state index is -1.06. The molecule has 0 radical (unpaired) electrons. The van der Waals surface area contributed by atoms with E-state index in [1.807, 2.05) is 24.3 Å². The SMILES string of the molecule is CNc1nc(C(CO)C(=O)O)cs1.O=CN1CCC(Oc2cccc(Cl)c2)CC1. The lowest BCUT2D eigenvalue weighted by atomic mass is 10.1. The number of anilines is 1. The van der Waals surface area contributed by atoms with E-state index in [-0.39, 0.29) is 6.10 Å². The number of halogens is 1. The number of ether oxygens (including phenoxy) is 1. The molecule has 0 bridgehead atoms. The van der Waals surface area contributed by atoms with Crippen molar-refractivity contribution in [2.45, 2.75) is 24.9 Å². The van der Waals surface area contributed by atoms with Crippen molar-refractivity contribution >= 4 is 40.4 Å². The lowest BCUT2D eigenvalue weighted by Gasteiger charge is -2.29. The molecule has 3 rings (SSSR count). The van der Waals surface area contributed by atoms with Crippen molar-refractivity contribution in [2.75, 3.05) is 32.1 Å². The number of nitrogens with zero attached hydrogens (tertiary/aromatic N) is 2. The molecule has 1 saturated heterocycles. The van der Waals surface area contributed by atoms with Crippen LogP contribution in [0.25, 0.3) is 0 Å². The maximum Gasteiger partial charge on any atom is 0.314 e. The largest absolute Gasteiger partial charge is 0.490 e. The number of aliphatic carboxylic acids is 1. The molecule has 1 atom stereocenters. The van der Waals surface area contributed by atoms with Crippen molar-refractivity contribution in [3.8, 4) is 5.75 Å². The van der Waals surface area contributed by atoms with Crippen LogP contribution in [0, 0.1) is 0 Å². The van der Waals surface area contributed by atoms with Crippen molar-refractivity contribution < 1.29 is 24.5 Å². The third-order valence-corrected chi connectivity index (χ3v) is 5.41. The highest BCUT2D eigenvalue weighted by Gasteiger charge is 2.21. The maximum atomic E-state index is 10.6. The fourth-order valence-corrected chi connectivity index (χ4v) is 3.60. The highest BCUT2D eigenvalue weighted by Crippen LogP contribution is 2.22.